The van der Waals surface area contributed by atoms with Gasteiger partial charge in [0.2, 0.25) is 0 Å². The summed E-state index contributed by atoms with van der Waals surface area (Å²) in [6.07, 6.45) is 16.4. The molecule has 1 nitrogen and oxygen atoms in total. The van der Waals surface area contributed by atoms with E-state index < -0.39 is 5.60 Å². The predicted octanol–water partition coefficient (Wildman–Crippen LogP) is 6.29. The van der Waals surface area contributed by atoms with Crippen LogP contribution in [0.2, 0.25) is 0 Å². The van der Waals surface area contributed by atoms with Crippen molar-refractivity contribution in [1.29, 1.82) is 0 Å². The minimum absolute atomic E-state index is 0.293. The topological polar surface area (TPSA) is 20.2 Å². The van der Waals surface area contributed by atoms with Gasteiger partial charge in [-0.2, -0.15) is 0 Å². The molecule has 1 N–H and O–H groups in total. The maximum atomic E-state index is 9.76. The summed E-state index contributed by atoms with van der Waals surface area (Å²) >= 11 is 0. The molecule has 0 amide bonds. The Kier molecular flexibility index (Phi) is 6.83. The molecule has 1 aliphatic carbocycles. The first-order valence-corrected chi connectivity index (χ1v) is 8.66. The average molecular weight is 315 g/mol. The van der Waals surface area contributed by atoms with E-state index in [4.69, 9.17) is 0 Å². The summed E-state index contributed by atoms with van der Waals surface area (Å²) in [7, 11) is 0. The Morgan fingerprint density at radius 3 is 2.35 bits per heavy atom. The fraction of sp³-hybridized carbons (Fsp3) is 0.545. The van der Waals surface area contributed by atoms with E-state index in [1.165, 1.54) is 36.0 Å². The zero-order valence-electron chi connectivity index (χ0n) is 16.0. The monoisotopic (exact) mass is 314 g/mol. The first kappa shape index (κ1) is 19.7. The molecule has 0 aliphatic heterocycles. The van der Waals surface area contributed by atoms with E-state index in [1.807, 2.05) is 25.2 Å². The quantitative estimate of drug-likeness (QED) is 0.591. The van der Waals surface area contributed by atoms with Crippen molar-refractivity contribution in [3.8, 4) is 0 Å². The van der Waals surface area contributed by atoms with Crippen LogP contribution >= 0.6 is 0 Å². The van der Waals surface area contributed by atoms with Crippen molar-refractivity contribution in [2.24, 2.45) is 5.41 Å². The molecule has 23 heavy (non-hydrogen) atoms. The molecule has 1 heteroatoms. The molecule has 0 unspecified atom stereocenters. The molecule has 0 bridgehead atoms. The first-order chi connectivity index (χ1) is 10.5. The second-order valence-electron chi connectivity index (χ2n) is 8.08. The standard InChI is InChI=1S/C22H34O/c1-17(10-8-11-18(2)16-22(6,7)23)13-14-20-19(3)12-9-15-21(20,4)5/h8,10-11,13-14,16,23H,9,12,15H2,1-7H3/b11-8-,14-13-,17-10-,18-16-. The Hall–Kier alpha value is -1.34. The Balaban J connectivity index is 2.79. The fourth-order valence-electron chi connectivity index (χ4n) is 3.24. The molecule has 0 saturated heterocycles. The van der Waals surface area contributed by atoms with Crippen molar-refractivity contribution in [3.05, 3.63) is 58.7 Å². The van der Waals surface area contributed by atoms with Crippen molar-refractivity contribution in [3.63, 3.8) is 0 Å². The molecule has 0 atom stereocenters. The van der Waals surface area contributed by atoms with Gasteiger partial charge in [0.05, 0.1) is 5.60 Å². The molecule has 0 fully saturated rings. The Morgan fingerprint density at radius 2 is 1.78 bits per heavy atom. The highest BCUT2D eigenvalue weighted by molar-refractivity contribution is 5.37. The molecule has 128 valence electrons. The zero-order chi connectivity index (χ0) is 17.7. The second-order valence-corrected chi connectivity index (χ2v) is 8.08. The fourth-order valence-corrected chi connectivity index (χ4v) is 3.24. The Morgan fingerprint density at radius 1 is 1.13 bits per heavy atom. The van der Waals surface area contributed by atoms with Gasteiger partial charge < -0.3 is 5.11 Å². The molecule has 1 aliphatic rings. The predicted molar refractivity (Wildman–Crippen MR) is 102 cm³/mol. The normalized spacial score (nSPS) is 20.9. The van der Waals surface area contributed by atoms with E-state index >= 15 is 0 Å². The van der Waals surface area contributed by atoms with Gasteiger partial charge in [0, 0.05) is 0 Å². The van der Waals surface area contributed by atoms with Gasteiger partial charge in [-0.1, -0.05) is 67.0 Å². The number of allylic oxidation sites excluding steroid dienone is 9. The van der Waals surface area contributed by atoms with Crippen molar-refractivity contribution >= 4 is 0 Å². The maximum absolute atomic E-state index is 9.76. The number of rotatable bonds is 5. The van der Waals surface area contributed by atoms with Crippen LogP contribution in [0.15, 0.2) is 58.7 Å². The highest BCUT2D eigenvalue weighted by Crippen LogP contribution is 2.40. The van der Waals surface area contributed by atoms with Crippen molar-refractivity contribution in [1.82, 2.24) is 0 Å². The first-order valence-electron chi connectivity index (χ1n) is 8.66. The van der Waals surface area contributed by atoms with Crippen LogP contribution < -0.4 is 0 Å². The van der Waals surface area contributed by atoms with Gasteiger partial charge in [-0.15, -0.1) is 0 Å². The average Bonchev–Trinajstić information content (AvgIpc) is 2.35. The van der Waals surface area contributed by atoms with E-state index in [1.54, 1.807) is 13.8 Å². The third kappa shape index (κ3) is 7.18. The van der Waals surface area contributed by atoms with E-state index in [2.05, 4.69) is 45.9 Å². The van der Waals surface area contributed by atoms with Gasteiger partial charge in [-0.3, -0.25) is 0 Å². The molecule has 0 radical (unpaired) electrons. The van der Waals surface area contributed by atoms with E-state index in [9.17, 15) is 5.11 Å². The summed E-state index contributed by atoms with van der Waals surface area (Å²) in [4.78, 5) is 0. The van der Waals surface area contributed by atoms with Crippen LogP contribution in [-0.4, -0.2) is 10.7 Å². The third-order valence-corrected chi connectivity index (χ3v) is 4.35. The van der Waals surface area contributed by atoms with Crippen molar-refractivity contribution in [2.45, 2.75) is 73.3 Å². The summed E-state index contributed by atoms with van der Waals surface area (Å²) < 4.78 is 0. The van der Waals surface area contributed by atoms with Crippen LogP contribution in [0, 0.1) is 5.41 Å². The van der Waals surface area contributed by atoms with Gasteiger partial charge in [0.25, 0.3) is 0 Å². The highest BCUT2D eigenvalue weighted by Gasteiger charge is 2.26. The third-order valence-electron chi connectivity index (χ3n) is 4.35. The molecule has 0 saturated carbocycles. The zero-order valence-corrected chi connectivity index (χ0v) is 16.0. The van der Waals surface area contributed by atoms with E-state index in [0.717, 1.165) is 5.57 Å². The lowest BCUT2D eigenvalue weighted by Crippen LogP contribution is -2.19. The smallest absolute Gasteiger partial charge is 0.0777 e. The van der Waals surface area contributed by atoms with Crippen LogP contribution in [0.4, 0.5) is 0 Å². The molecule has 0 heterocycles. The number of hydrogen-bond donors (Lipinski definition) is 1. The van der Waals surface area contributed by atoms with Crippen molar-refractivity contribution in [2.75, 3.05) is 0 Å². The lowest BCUT2D eigenvalue weighted by atomic mass is 9.72. The second kappa shape index (κ2) is 7.97. The number of hydrogen-bond acceptors (Lipinski definition) is 1. The molecule has 0 aromatic rings. The van der Waals surface area contributed by atoms with Crippen LogP contribution in [0.3, 0.4) is 0 Å². The van der Waals surface area contributed by atoms with Crippen molar-refractivity contribution < 1.29 is 5.11 Å². The van der Waals surface area contributed by atoms with E-state index in [0.29, 0.717) is 5.41 Å². The summed E-state index contributed by atoms with van der Waals surface area (Å²) in [5, 5.41) is 9.76. The molecule has 1 rings (SSSR count). The van der Waals surface area contributed by atoms with Crippen LogP contribution in [-0.2, 0) is 0 Å². The lowest BCUT2D eigenvalue weighted by molar-refractivity contribution is 0.132. The van der Waals surface area contributed by atoms with Gasteiger partial charge in [0.15, 0.2) is 0 Å². The minimum Gasteiger partial charge on any atom is -0.386 e. The summed E-state index contributed by atoms with van der Waals surface area (Å²) in [5.41, 5.74) is 4.87. The van der Waals surface area contributed by atoms with E-state index in [-0.39, 0.29) is 0 Å². The number of aliphatic hydroxyl groups is 1. The summed E-state index contributed by atoms with van der Waals surface area (Å²) in [6.45, 7) is 14.7. The van der Waals surface area contributed by atoms with Gasteiger partial charge >= 0.3 is 0 Å². The molecule has 0 spiro atoms. The maximum Gasteiger partial charge on any atom is 0.0777 e. The minimum atomic E-state index is -0.760. The van der Waals surface area contributed by atoms with Crippen LogP contribution in [0.5, 0.6) is 0 Å². The lowest BCUT2D eigenvalue weighted by Gasteiger charge is -2.32. The van der Waals surface area contributed by atoms with Crippen LogP contribution in [0.1, 0.15) is 67.7 Å². The molecule has 0 aromatic heterocycles. The highest BCUT2D eigenvalue weighted by atomic mass is 16.3. The largest absolute Gasteiger partial charge is 0.386 e. The van der Waals surface area contributed by atoms with Gasteiger partial charge in [-0.25, -0.2) is 0 Å². The van der Waals surface area contributed by atoms with Gasteiger partial charge in [0.1, 0.15) is 0 Å². The summed E-state index contributed by atoms with van der Waals surface area (Å²) in [5.74, 6) is 0. The molecular weight excluding hydrogens is 280 g/mol. The Bertz CT molecular complexity index is 557. The Labute approximate surface area is 143 Å². The van der Waals surface area contributed by atoms with Gasteiger partial charge in [-0.05, 0) is 64.9 Å². The van der Waals surface area contributed by atoms with Crippen LogP contribution in [0.25, 0.3) is 0 Å². The molecular formula is C22H34O. The molecule has 0 aromatic carbocycles. The summed E-state index contributed by atoms with van der Waals surface area (Å²) in [6, 6.07) is 0. The SMILES string of the molecule is CC1=C(\C=C/C(C)=C\C=C/C(C)=C\C(C)(C)O)C(C)(C)CCC1.